The van der Waals surface area contributed by atoms with E-state index in [-0.39, 0.29) is 17.8 Å². The quantitative estimate of drug-likeness (QED) is 0.761. The number of hydrogen-bond donors (Lipinski definition) is 3. The van der Waals surface area contributed by atoms with Crippen molar-refractivity contribution < 1.29 is 9.53 Å². The first-order chi connectivity index (χ1) is 9.20. The number of rotatable bonds is 5. The van der Waals surface area contributed by atoms with Crippen molar-refractivity contribution in [2.75, 3.05) is 30.8 Å². The van der Waals surface area contributed by atoms with Crippen LogP contribution in [0.5, 0.6) is 0 Å². The van der Waals surface area contributed by atoms with Gasteiger partial charge in [0.05, 0.1) is 12.6 Å². The van der Waals surface area contributed by atoms with E-state index in [1.54, 1.807) is 0 Å². The molecule has 4 N–H and O–H groups in total. The molecule has 1 aliphatic rings. The molecule has 7 heteroatoms. The van der Waals surface area contributed by atoms with E-state index in [0.717, 1.165) is 32.4 Å². The third kappa shape index (κ3) is 3.81. The van der Waals surface area contributed by atoms with Gasteiger partial charge in [-0.05, 0) is 19.3 Å². The predicted octanol–water partition coefficient (Wildman–Crippen LogP) is 1.46. The molecule has 2 rings (SSSR count). The molecule has 1 aliphatic heterocycles. The Labute approximate surface area is 116 Å². The van der Waals surface area contributed by atoms with Crippen LogP contribution >= 0.6 is 11.3 Å². The van der Waals surface area contributed by atoms with Crippen molar-refractivity contribution in [3.8, 4) is 0 Å². The molecule has 1 aromatic heterocycles. The largest absolute Gasteiger partial charge is 0.382 e. The second-order valence-corrected chi connectivity index (χ2v) is 5.55. The lowest BCUT2D eigenvalue weighted by molar-refractivity contribution is 0.0626. The molecule has 1 unspecified atom stereocenters. The molecule has 6 nitrogen and oxygen atoms in total. The van der Waals surface area contributed by atoms with Crippen molar-refractivity contribution in [3.05, 3.63) is 4.88 Å². The van der Waals surface area contributed by atoms with Gasteiger partial charge in [-0.15, -0.1) is 0 Å². The van der Waals surface area contributed by atoms with Gasteiger partial charge in [0.25, 0.3) is 5.91 Å². The number of carbonyl (C=O) groups is 1. The standard InChI is InChI=1S/C12H20N4O2S/c1-2-5-14-12-16-10(13)9(19-12)11(17)15-8-4-3-6-18-7-8/h8H,2-7,13H2,1H3,(H,14,16)(H,15,17). The van der Waals surface area contributed by atoms with Gasteiger partial charge in [-0.25, -0.2) is 4.98 Å². The van der Waals surface area contributed by atoms with E-state index < -0.39 is 0 Å². The Balaban J connectivity index is 1.95. The number of hydrogen-bond acceptors (Lipinski definition) is 6. The molecule has 1 fully saturated rings. The Morgan fingerprint density at radius 2 is 2.47 bits per heavy atom. The molecule has 0 spiro atoms. The van der Waals surface area contributed by atoms with Crippen LogP contribution in [-0.4, -0.2) is 36.7 Å². The average Bonchev–Trinajstić information content (AvgIpc) is 2.79. The molecule has 0 bridgehead atoms. The molecule has 1 atom stereocenters. The van der Waals surface area contributed by atoms with Crippen LogP contribution in [0.4, 0.5) is 10.9 Å². The molecule has 0 aromatic carbocycles. The van der Waals surface area contributed by atoms with E-state index in [4.69, 9.17) is 10.5 Å². The number of aromatic nitrogens is 1. The Morgan fingerprint density at radius 1 is 1.63 bits per heavy atom. The highest BCUT2D eigenvalue weighted by Crippen LogP contribution is 2.25. The molecule has 0 radical (unpaired) electrons. The fourth-order valence-corrected chi connectivity index (χ4v) is 2.72. The molecule has 1 amide bonds. The summed E-state index contributed by atoms with van der Waals surface area (Å²) >= 11 is 1.30. The van der Waals surface area contributed by atoms with Crippen molar-refractivity contribution in [2.45, 2.75) is 32.2 Å². The van der Waals surface area contributed by atoms with Crippen LogP contribution in [0.2, 0.25) is 0 Å². The van der Waals surface area contributed by atoms with Crippen LogP contribution in [-0.2, 0) is 4.74 Å². The van der Waals surface area contributed by atoms with Crippen molar-refractivity contribution in [2.24, 2.45) is 0 Å². The number of nitrogens with one attached hydrogen (secondary N) is 2. The second-order valence-electron chi connectivity index (χ2n) is 4.55. The lowest BCUT2D eigenvalue weighted by Crippen LogP contribution is -2.40. The molecule has 0 aliphatic carbocycles. The van der Waals surface area contributed by atoms with Gasteiger partial charge in [-0.1, -0.05) is 18.3 Å². The van der Waals surface area contributed by atoms with E-state index in [1.165, 1.54) is 11.3 Å². The fourth-order valence-electron chi connectivity index (χ4n) is 1.91. The van der Waals surface area contributed by atoms with Gasteiger partial charge in [-0.2, -0.15) is 0 Å². The molecular formula is C12H20N4O2S. The molecule has 1 aromatic rings. The van der Waals surface area contributed by atoms with Gasteiger partial charge >= 0.3 is 0 Å². The first kappa shape index (κ1) is 14.1. The number of ether oxygens (including phenoxy) is 1. The maximum absolute atomic E-state index is 12.1. The number of amides is 1. The van der Waals surface area contributed by atoms with Crippen molar-refractivity contribution in [1.82, 2.24) is 10.3 Å². The predicted molar refractivity (Wildman–Crippen MR) is 76.6 cm³/mol. The topological polar surface area (TPSA) is 89.3 Å². The minimum absolute atomic E-state index is 0.0785. The fraction of sp³-hybridized carbons (Fsp3) is 0.667. The highest BCUT2D eigenvalue weighted by Gasteiger charge is 2.21. The maximum atomic E-state index is 12.1. The average molecular weight is 284 g/mol. The number of nitrogens with zero attached hydrogens (tertiary/aromatic N) is 1. The molecule has 0 saturated carbocycles. The van der Waals surface area contributed by atoms with Crippen molar-refractivity contribution in [3.63, 3.8) is 0 Å². The third-order valence-electron chi connectivity index (χ3n) is 2.88. The Hall–Kier alpha value is -1.34. The number of nitrogen functional groups attached to an aromatic ring is 1. The highest BCUT2D eigenvalue weighted by molar-refractivity contribution is 7.18. The summed E-state index contributed by atoms with van der Waals surface area (Å²) in [5.74, 6) is 0.132. The molecule has 1 saturated heterocycles. The first-order valence-corrected chi connectivity index (χ1v) is 7.41. The van der Waals surface area contributed by atoms with E-state index >= 15 is 0 Å². The minimum atomic E-state index is -0.157. The Morgan fingerprint density at radius 3 is 3.16 bits per heavy atom. The van der Waals surface area contributed by atoms with E-state index in [0.29, 0.717) is 16.6 Å². The molecule has 19 heavy (non-hydrogen) atoms. The van der Waals surface area contributed by atoms with Crippen LogP contribution < -0.4 is 16.4 Å². The summed E-state index contributed by atoms with van der Waals surface area (Å²) in [7, 11) is 0. The molecule has 106 valence electrons. The normalized spacial score (nSPS) is 19.1. The van der Waals surface area contributed by atoms with Crippen LogP contribution in [0, 0.1) is 0 Å². The number of anilines is 2. The van der Waals surface area contributed by atoms with Crippen molar-refractivity contribution in [1.29, 1.82) is 0 Å². The van der Waals surface area contributed by atoms with Gasteiger partial charge in [0.2, 0.25) is 0 Å². The summed E-state index contributed by atoms with van der Waals surface area (Å²) in [4.78, 5) is 16.7. The zero-order valence-corrected chi connectivity index (χ0v) is 11.9. The van der Waals surface area contributed by atoms with Crippen LogP contribution in [0.25, 0.3) is 0 Å². The molecule has 2 heterocycles. The first-order valence-electron chi connectivity index (χ1n) is 6.59. The third-order valence-corrected chi connectivity index (χ3v) is 3.91. The minimum Gasteiger partial charge on any atom is -0.382 e. The summed E-state index contributed by atoms with van der Waals surface area (Å²) < 4.78 is 5.34. The summed E-state index contributed by atoms with van der Waals surface area (Å²) in [6.07, 6.45) is 2.93. The van der Waals surface area contributed by atoms with E-state index in [1.807, 2.05) is 0 Å². The summed E-state index contributed by atoms with van der Waals surface area (Å²) in [5.41, 5.74) is 5.79. The molecular weight excluding hydrogens is 264 g/mol. The highest BCUT2D eigenvalue weighted by atomic mass is 32.1. The van der Waals surface area contributed by atoms with Crippen LogP contribution in [0.3, 0.4) is 0 Å². The van der Waals surface area contributed by atoms with Crippen LogP contribution in [0.15, 0.2) is 0 Å². The van der Waals surface area contributed by atoms with Gasteiger partial charge in [0, 0.05) is 13.2 Å². The monoisotopic (exact) mass is 284 g/mol. The van der Waals surface area contributed by atoms with Crippen LogP contribution in [0.1, 0.15) is 35.9 Å². The maximum Gasteiger partial charge on any atom is 0.265 e. The number of nitrogens with two attached hydrogens (primary N) is 1. The second kappa shape index (κ2) is 6.72. The Bertz CT molecular complexity index is 429. The summed E-state index contributed by atoms with van der Waals surface area (Å²) in [6.45, 7) is 4.25. The van der Waals surface area contributed by atoms with Crippen molar-refractivity contribution >= 4 is 28.2 Å². The zero-order chi connectivity index (χ0) is 13.7. The summed E-state index contributed by atoms with van der Waals surface area (Å²) in [5, 5.41) is 6.78. The van der Waals surface area contributed by atoms with Gasteiger partial charge < -0.3 is 21.1 Å². The lowest BCUT2D eigenvalue weighted by Gasteiger charge is -2.22. The number of thiazole rings is 1. The van der Waals surface area contributed by atoms with Gasteiger partial charge in [0.1, 0.15) is 10.7 Å². The van der Waals surface area contributed by atoms with E-state index in [2.05, 4.69) is 22.5 Å². The summed E-state index contributed by atoms with van der Waals surface area (Å²) in [6, 6.07) is 0.0785. The van der Waals surface area contributed by atoms with Gasteiger partial charge in [0.15, 0.2) is 5.13 Å². The zero-order valence-electron chi connectivity index (χ0n) is 11.1. The van der Waals surface area contributed by atoms with E-state index in [9.17, 15) is 4.79 Å². The lowest BCUT2D eigenvalue weighted by atomic mass is 10.1. The SMILES string of the molecule is CCCNc1nc(N)c(C(=O)NC2CCCOC2)s1. The Kier molecular flexibility index (Phi) is 4.98. The number of carbonyl (C=O) groups excluding carboxylic acids is 1. The van der Waals surface area contributed by atoms with Gasteiger partial charge in [-0.3, -0.25) is 4.79 Å². The smallest absolute Gasteiger partial charge is 0.265 e.